The van der Waals surface area contributed by atoms with Crippen LogP contribution in [0.15, 0.2) is 60.0 Å². The van der Waals surface area contributed by atoms with E-state index in [-0.39, 0.29) is 23.0 Å². The average Bonchev–Trinajstić information content (AvgIpc) is 3.11. The summed E-state index contributed by atoms with van der Waals surface area (Å²) < 4.78 is 1.62. The number of aryl methyl sites for hydroxylation is 1. The number of aromatic nitrogens is 3. The standard InChI is InChI=1S/C17H15N5O3S/c1-12-7-8-14(15(9-12)22(24)25)19-16(23)10-26-17-18-11-21(20-17)13-5-3-2-4-6-13/h2-9,11H,10H2,1H3,(H,19,23). The fourth-order valence-electron chi connectivity index (χ4n) is 2.23. The van der Waals surface area contributed by atoms with Crippen LogP contribution < -0.4 is 5.32 Å². The Bertz CT molecular complexity index is 943. The van der Waals surface area contributed by atoms with Gasteiger partial charge in [0.2, 0.25) is 11.1 Å². The first-order valence-electron chi connectivity index (χ1n) is 7.68. The molecule has 9 heteroatoms. The normalized spacial score (nSPS) is 10.5. The van der Waals surface area contributed by atoms with Crippen LogP contribution >= 0.6 is 11.8 Å². The van der Waals surface area contributed by atoms with Crippen molar-refractivity contribution in [2.75, 3.05) is 11.1 Å². The van der Waals surface area contributed by atoms with Crippen LogP contribution in [0.1, 0.15) is 5.56 Å². The van der Waals surface area contributed by atoms with E-state index < -0.39 is 4.92 Å². The number of carbonyl (C=O) groups is 1. The Balaban J connectivity index is 1.62. The highest BCUT2D eigenvalue weighted by Gasteiger charge is 2.16. The maximum absolute atomic E-state index is 12.1. The number of nitro groups is 1. The van der Waals surface area contributed by atoms with Gasteiger partial charge in [0.15, 0.2) is 0 Å². The number of amides is 1. The van der Waals surface area contributed by atoms with Gasteiger partial charge in [0.05, 0.1) is 16.4 Å². The number of rotatable bonds is 6. The van der Waals surface area contributed by atoms with E-state index in [1.807, 2.05) is 30.3 Å². The molecule has 3 aromatic rings. The number of nitrogens with one attached hydrogen (secondary N) is 1. The topological polar surface area (TPSA) is 103 Å². The van der Waals surface area contributed by atoms with Crippen LogP contribution in [-0.4, -0.2) is 31.3 Å². The molecule has 1 N–H and O–H groups in total. The maximum Gasteiger partial charge on any atom is 0.293 e. The molecule has 1 aromatic heterocycles. The minimum Gasteiger partial charge on any atom is -0.320 e. The van der Waals surface area contributed by atoms with Gasteiger partial charge >= 0.3 is 0 Å². The van der Waals surface area contributed by atoms with Crippen LogP contribution in [0.4, 0.5) is 11.4 Å². The molecule has 0 unspecified atom stereocenters. The number of benzene rings is 2. The molecule has 0 saturated carbocycles. The number of carbonyl (C=O) groups excluding carboxylic acids is 1. The van der Waals surface area contributed by atoms with Crippen LogP contribution in [-0.2, 0) is 4.79 Å². The van der Waals surface area contributed by atoms with E-state index in [4.69, 9.17) is 0 Å². The molecule has 0 radical (unpaired) electrons. The summed E-state index contributed by atoms with van der Waals surface area (Å²) in [5.74, 6) is -0.317. The number of hydrogen-bond acceptors (Lipinski definition) is 6. The summed E-state index contributed by atoms with van der Waals surface area (Å²) in [7, 11) is 0. The first-order chi connectivity index (χ1) is 12.5. The number of anilines is 1. The van der Waals surface area contributed by atoms with Gasteiger partial charge in [-0.3, -0.25) is 14.9 Å². The van der Waals surface area contributed by atoms with E-state index in [2.05, 4.69) is 15.4 Å². The van der Waals surface area contributed by atoms with Gasteiger partial charge in [-0.15, -0.1) is 5.10 Å². The van der Waals surface area contributed by atoms with E-state index in [9.17, 15) is 14.9 Å². The van der Waals surface area contributed by atoms with Crippen molar-refractivity contribution in [1.82, 2.24) is 14.8 Å². The molecule has 0 saturated heterocycles. The van der Waals surface area contributed by atoms with Gasteiger partial charge in [-0.25, -0.2) is 9.67 Å². The molecular weight excluding hydrogens is 354 g/mol. The molecule has 0 aliphatic carbocycles. The van der Waals surface area contributed by atoms with E-state index in [1.165, 1.54) is 12.1 Å². The molecule has 0 aliphatic rings. The van der Waals surface area contributed by atoms with Crippen molar-refractivity contribution in [3.05, 3.63) is 70.5 Å². The lowest BCUT2D eigenvalue weighted by Crippen LogP contribution is -2.15. The Labute approximate surface area is 153 Å². The van der Waals surface area contributed by atoms with Crippen LogP contribution in [0.25, 0.3) is 5.69 Å². The van der Waals surface area contributed by atoms with E-state index in [0.29, 0.717) is 5.16 Å². The maximum atomic E-state index is 12.1. The molecular formula is C17H15N5O3S. The third-order valence-corrected chi connectivity index (χ3v) is 4.30. The highest BCUT2D eigenvalue weighted by molar-refractivity contribution is 7.99. The molecule has 2 aromatic carbocycles. The van der Waals surface area contributed by atoms with Gasteiger partial charge in [0.25, 0.3) is 5.69 Å². The zero-order valence-corrected chi connectivity index (χ0v) is 14.6. The summed E-state index contributed by atoms with van der Waals surface area (Å²) >= 11 is 1.16. The summed E-state index contributed by atoms with van der Waals surface area (Å²) in [4.78, 5) is 26.8. The fraction of sp³-hybridized carbons (Fsp3) is 0.118. The third kappa shape index (κ3) is 4.25. The lowest BCUT2D eigenvalue weighted by molar-refractivity contribution is -0.384. The minimum atomic E-state index is -0.515. The predicted octanol–water partition coefficient (Wildman–Crippen LogP) is 3.21. The molecule has 0 atom stereocenters. The lowest BCUT2D eigenvalue weighted by atomic mass is 10.2. The smallest absolute Gasteiger partial charge is 0.293 e. The van der Waals surface area contributed by atoms with Crippen molar-refractivity contribution < 1.29 is 9.72 Å². The first kappa shape index (κ1) is 17.6. The van der Waals surface area contributed by atoms with Crippen LogP contribution in [0, 0.1) is 17.0 Å². The van der Waals surface area contributed by atoms with Crippen LogP contribution in [0.2, 0.25) is 0 Å². The largest absolute Gasteiger partial charge is 0.320 e. The Morgan fingerprint density at radius 1 is 1.27 bits per heavy atom. The second-order valence-corrected chi connectivity index (χ2v) is 6.36. The average molecular weight is 369 g/mol. The molecule has 1 amide bonds. The Kier molecular flexibility index (Phi) is 5.28. The summed E-state index contributed by atoms with van der Waals surface area (Å²) in [5.41, 5.74) is 1.66. The second kappa shape index (κ2) is 7.79. The van der Waals surface area contributed by atoms with Gasteiger partial charge in [-0.2, -0.15) is 0 Å². The van der Waals surface area contributed by atoms with Gasteiger partial charge in [0, 0.05) is 6.07 Å². The van der Waals surface area contributed by atoms with Crippen molar-refractivity contribution >= 4 is 29.0 Å². The number of nitrogens with zero attached hydrogens (tertiary/aromatic N) is 4. The van der Waals surface area contributed by atoms with Crippen LogP contribution in [0.3, 0.4) is 0 Å². The molecule has 0 aliphatic heterocycles. The summed E-state index contributed by atoms with van der Waals surface area (Å²) in [5, 5.41) is 18.4. The monoisotopic (exact) mass is 369 g/mol. The molecule has 26 heavy (non-hydrogen) atoms. The Morgan fingerprint density at radius 2 is 2.04 bits per heavy atom. The van der Waals surface area contributed by atoms with Crippen molar-refractivity contribution in [2.45, 2.75) is 12.1 Å². The fourth-order valence-corrected chi connectivity index (χ4v) is 2.83. The highest BCUT2D eigenvalue weighted by Crippen LogP contribution is 2.25. The molecule has 132 valence electrons. The van der Waals surface area contributed by atoms with Crippen molar-refractivity contribution in [2.24, 2.45) is 0 Å². The zero-order valence-electron chi connectivity index (χ0n) is 13.8. The highest BCUT2D eigenvalue weighted by atomic mass is 32.2. The van der Waals surface area contributed by atoms with Gasteiger partial charge < -0.3 is 5.32 Å². The third-order valence-electron chi connectivity index (χ3n) is 3.45. The molecule has 0 fully saturated rings. The van der Waals surface area contributed by atoms with E-state index in [1.54, 1.807) is 24.0 Å². The Morgan fingerprint density at radius 3 is 2.77 bits per heavy atom. The minimum absolute atomic E-state index is 0.0455. The number of para-hydroxylation sites is 1. The Hall–Kier alpha value is -3.20. The summed E-state index contributed by atoms with van der Waals surface area (Å²) in [6.45, 7) is 1.75. The van der Waals surface area contributed by atoms with Crippen molar-refractivity contribution in [3.8, 4) is 5.69 Å². The SMILES string of the molecule is Cc1ccc(NC(=O)CSc2ncn(-c3ccccc3)n2)c([N+](=O)[O-])c1. The van der Waals surface area contributed by atoms with Gasteiger partial charge in [0.1, 0.15) is 12.0 Å². The van der Waals surface area contributed by atoms with Gasteiger partial charge in [-0.1, -0.05) is 36.0 Å². The number of nitro benzene ring substituents is 1. The first-order valence-corrected chi connectivity index (χ1v) is 8.66. The number of hydrogen-bond donors (Lipinski definition) is 1. The molecule has 0 spiro atoms. The van der Waals surface area contributed by atoms with E-state index >= 15 is 0 Å². The summed E-state index contributed by atoms with van der Waals surface area (Å²) in [6.07, 6.45) is 1.57. The molecule has 0 bridgehead atoms. The van der Waals surface area contributed by atoms with Crippen LogP contribution in [0.5, 0.6) is 0 Å². The lowest BCUT2D eigenvalue weighted by Gasteiger charge is -2.06. The van der Waals surface area contributed by atoms with E-state index in [0.717, 1.165) is 23.0 Å². The van der Waals surface area contributed by atoms with Crippen molar-refractivity contribution in [3.63, 3.8) is 0 Å². The quantitative estimate of drug-likeness (QED) is 0.406. The molecule has 8 nitrogen and oxygen atoms in total. The molecule has 1 heterocycles. The molecule has 3 rings (SSSR count). The van der Waals surface area contributed by atoms with Crippen molar-refractivity contribution in [1.29, 1.82) is 0 Å². The predicted molar refractivity (Wildman–Crippen MR) is 98.5 cm³/mol. The second-order valence-electron chi connectivity index (χ2n) is 5.42. The van der Waals surface area contributed by atoms with Gasteiger partial charge in [-0.05, 0) is 30.7 Å². The zero-order chi connectivity index (χ0) is 18.5. The summed E-state index contributed by atoms with van der Waals surface area (Å²) in [6, 6.07) is 14.1. The number of thioether (sulfide) groups is 1.